The van der Waals surface area contributed by atoms with Crippen molar-refractivity contribution >= 4 is 10.0 Å². The molecule has 0 atom stereocenters. The maximum absolute atomic E-state index is 12.8. The SMILES string of the molecule is Cc1cccc(CS(=O)(=O)NCCc2ccc(F)cc2)c1. The minimum Gasteiger partial charge on any atom is -0.215 e. The molecule has 0 amide bonds. The van der Waals surface area contributed by atoms with Gasteiger partial charge in [-0.1, -0.05) is 42.0 Å². The zero-order chi connectivity index (χ0) is 15.3. The van der Waals surface area contributed by atoms with Gasteiger partial charge in [0.1, 0.15) is 5.82 Å². The van der Waals surface area contributed by atoms with E-state index in [1.807, 2.05) is 25.1 Å². The van der Waals surface area contributed by atoms with Gasteiger partial charge in [0.05, 0.1) is 5.75 Å². The summed E-state index contributed by atoms with van der Waals surface area (Å²) in [5.74, 6) is -0.322. The van der Waals surface area contributed by atoms with Crippen LogP contribution in [0.4, 0.5) is 4.39 Å². The third kappa shape index (κ3) is 5.28. The van der Waals surface area contributed by atoms with Gasteiger partial charge in [-0.2, -0.15) is 0 Å². The van der Waals surface area contributed by atoms with Crippen molar-refractivity contribution in [3.63, 3.8) is 0 Å². The van der Waals surface area contributed by atoms with Crippen LogP contribution in [0.3, 0.4) is 0 Å². The van der Waals surface area contributed by atoms with Crippen LogP contribution >= 0.6 is 0 Å². The van der Waals surface area contributed by atoms with Crippen LogP contribution in [-0.2, 0) is 22.2 Å². The minimum absolute atomic E-state index is 0.0297. The molecule has 0 bridgehead atoms. The van der Waals surface area contributed by atoms with Gasteiger partial charge in [-0.3, -0.25) is 0 Å². The van der Waals surface area contributed by atoms with Crippen molar-refractivity contribution in [3.05, 3.63) is 71.0 Å². The van der Waals surface area contributed by atoms with Gasteiger partial charge in [-0.05, 0) is 36.6 Å². The van der Waals surface area contributed by atoms with E-state index in [2.05, 4.69) is 4.72 Å². The zero-order valence-electron chi connectivity index (χ0n) is 11.8. The zero-order valence-corrected chi connectivity index (χ0v) is 12.7. The van der Waals surface area contributed by atoms with E-state index in [4.69, 9.17) is 0 Å². The third-order valence-corrected chi connectivity index (χ3v) is 4.45. The molecule has 0 aromatic heterocycles. The lowest BCUT2D eigenvalue weighted by atomic mass is 10.1. The van der Waals surface area contributed by atoms with Gasteiger partial charge in [-0.25, -0.2) is 17.5 Å². The predicted octanol–water partition coefficient (Wildman–Crippen LogP) is 2.80. The lowest BCUT2D eigenvalue weighted by Crippen LogP contribution is -2.27. The molecule has 2 rings (SSSR count). The van der Waals surface area contributed by atoms with E-state index < -0.39 is 10.0 Å². The van der Waals surface area contributed by atoms with Crippen LogP contribution in [0.5, 0.6) is 0 Å². The second-order valence-corrected chi connectivity index (χ2v) is 6.83. The molecular weight excluding hydrogens is 289 g/mol. The number of nitrogens with one attached hydrogen (secondary N) is 1. The number of benzene rings is 2. The fourth-order valence-electron chi connectivity index (χ4n) is 2.07. The average molecular weight is 307 g/mol. The number of hydrogen-bond acceptors (Lipinski definition) is 2. The summed E-state index contributed by atoms with van der Waals surface area (Å²) in [7, 11) is -3.35. The van der Waals surface area contributed by atoms with E-state index in [9.17, 15) is 12.8 Å². The molecule has 112 valence electrons. The molecule has 1 N–H and O–H groups in total. The molecule has 21 heavy (non-hydrogen) atoms. The molecule has 0 aliphatic heterocycles. The van der Waals surface area contributed by atoms with Crippen LogP contribution in [0.2, 0.25) is 0 Å². The molecule has 0 aliphatic carbocycles. The van der Waals surface area contributed by atoms with Crippen LogP contribution in [-0.4, -0.2) is 15.0 Å². The highest BCUT2D eigenvalue weighted by atomic mass is 32.2. The molecule has 5 heteroatoms. The Morgan fingerprint density at radius 1 is 1.05 bits per heavy atom. The monoisotopic (exact) mass is 307 g/mol. The lowest BCUT2D eigenvalue weighted by Gasteiger charge is -2.07. The van der Waals surface area contributed by atoms with Crippen molar-refractivity contribution in [2.45, 2.75) is 19.1 Å². The normalized spacial score (nSPS) is 11.5. The number of halogens is 1. The summed E-state index contributed by atoms with van der Waals surface area (Å²) >= 11 is 0. The highest BCUT2D eigenvalue weighted by Crippen LogP contribution is 2.08. The topological polar surface area (TPSA) is 46.2 Å². The molecule has 2 aromatic carbocycles. The molecule has 0 saturated carbocycles. The van der Waals surface area contributed by atoms with E-state index >= 15 is 0 Å². The summed E-state index contributed by atoms with van der Waals surface area (Å²) in [6, 6.07) is 13.5. The molecule has 0 radical (unpaired) electrons. The first-order valence-corrected chi connectivity index (χ1v) is 8.37. The molecule has 0 unspecified atom stereocenters. The third-order valence-electron chi connectivity index (χ3n) is 3.09. The second-order valence-electron chi connectivity index (χ2n) is 5.02. The van der Waals surface area contributed by atoms with Gasteiger partial charge in [0, 0.05) is 6.54 Å². The molecule has 3 nitrogen and oxygen atoms in total. The quantitative estimate of drug-likeness (QED) is 0.892. The first kappa shape index (κ1) is 15.7. The van der Waals surface area contributed by atoms with Crippen LogP contribution in [0.25, 0.3) is 0 Å². The maximum atomic E-state index is 12.8. The van der Waals surface area contributed by atoms with Crippen LogP contribution in [0.1, 0.15) is 16.7 Å². The maximum Gasteiger partial charge on any atom is 0.215 e. The van der Waals surface area contributed by atoms with Crippen molar-refractivity contribution in [2.75, 3.05) is 6.54 Å². The van der Waals surface area contributed by atoms with Crippen molar-refractivity contribution in [2.24, 2.45) is 0 Å². The lowest BCUT2D eigenvalue weighted by molar-refractivity contribution is 0.580. The first-order chi connectivity index (χ1) is 9.94. The van der Waals surface area contributed by atoms with Gasteiger partial charge >= 0.3 is 0 Å². The second kappa shape index (κ2) is 6.83. The first-order valence-electron chi connectivity index (χ1n) is 6.72. The Bertz CT molecular complexity index is 696. The molecule has 0 spiro atoms. The minimum atomic E-state index is -3.35. The van der Waals surface area contributed by atoms with E-state index in [1.165, 1.54) is 12.1 Å². The molecule has 0 heterocycles. The molecule has 0 saturated heterocycles. The smallest absolute Gasteiger partial charge is 0.215 e. The van der Waals surface area contributed by atoms with Crippen LogP contribution < -0.4 is 4.72 Å². The summed E-state index contributed by atoms with van der Waals surface area (Å²) in [5.41, 5.74) is 2.70. The van der Waals surface area contributed by atoms with E-state index in [1.54, 1.807) is 18.2 Å². The highest BCUT2D eigenvalue weighted by molar-refractivity contribution is 7.88. The number of hydrogen-bond donors (Lipinski definition) is 1. The summed E-state index contributed by atoms with van der Waals surface area (Å²) < 4.78 is 39.3. The Hall–Kier alpha value is -1.72. The Balaban J connectivity index is 1.88. The van der Waals surface area contributed by atoms with Crippen LogP contribution in [0, 0.1) is 12.7 Å². The standard InChI is InChI=1S/C16H18FNO2S/c1-13-3-2-4-15(11-13)12-21(19,20)18-10-9-14-5-7-16(17)8-6-14/h2-8,11,18H,9-10,12H2,1H3. The van der Waals surface area contributed by atoms with E-state index in [0.717, 1.165) is 16.7 Å². The van der Waals surface area contributed by atoms with Crippen molar-refractivity contribution < 1.29 is 12.8 Å². The Morgan fingerprint density at radius 2 is 1.76 bits per heavy atom. The summed E-state index contributed by atoms with van der Waals surface area (Å²) in [6.07, 6.45) is 0.535. The molecular formula is C16H18FNO2S. The number of rotatable bonds is 6. The van der Waals surface area contributed by atoms with Gasteiger partial charge < -0.3 is 0 Å². The van der Waals surface area contributed by atoms with Crippen molar-refractivity contribution in [3.8, 4) is 0 Å². The average Bonchev–Trinajstić information content (AvgIpc) is 2.40. The van der Waals surface area contributed by atoms with Gasteiger partial charge in [0.2, 0.25) is 10.0 Å². The summed E-state index contributed by atoms with van der Waals surface area (Å²) in [5, 5.41) is 0. The van der Waals surface area contributed by atoms with Crippen LogP contribution in [0.15, 0.2) is 48.5 Å². The Kier molecular flexibility index (Phi) is 5.09. The van der Waals surface area contributed by atoms with Gasteiger partial charge in [0.25, 0.3) is 0 Å². The van der Waals surface area contributed by atoms with Crippen molar-refractivity contribution in [1.82, 2.24) is 4.72 Å². The summed E-state index contributed by atoms with van der Waals surface area (Å²) in [4.78, 5) is 0. The number of aryl methyl sites for hydroxylation is 1. The fourth-order valence-corrected chi connectivity index (χ4v) is 3.21. The molecule has 2 aromatic rings. The van der Waals surface area contributed by atoms with E-state index in [0.29, 0.717) is 13.0 Å². The predicted molar refractivity (Wildman–Crippen MR) is 81.9 cm³/mol. The van der Waals surface area contributed by atoms with Gasteiger partial charge in [0.15, 0.2) is 0 Å². The highest BCUT2D eigenvalue weighted by Gasteiger charge is 2.10. The van der Waals surface area contributed by atoms with Gasteiger partial charge in [-0.15, -0.1) is 0 Å². The molecule has 0 fully saturated rings. The summed E-state index contributed by atoms with van der Waals surface area (Å²) in [6.45, 7) is 2.23. The van der Waals surface area contributed by atoms with E-state index in [-0.39, 0.29) is 11.6 Å². The Labute approximate surface area is 124 Å². The number of sulfonamides is 1. The Morgan fingerprint density at radius 3 is 2.43 bits per heavy atom. The van der Waals surface area contributed by atoms with Crippen molar-refractivity contribution in [1.29, 1.82) is 0 Å². The largest absolute Gasteiger partial charge is 0.215 e. The molecule has 0 aliphatic rings. The fraction of sp³-hybridized carbons (Fsp3) is 0.250.